The lowest BCUT2D eigenvalue weighted by Crippen LogP contribution is -2.47. The number of likely N-dealkylation sites (N-methyl/N-ethyl adjacent to an activating group) is 1. The Hall–Kier alpha value is -2.62. The predicted molar refractivity (Wildman–Crippen MR) is 118 cm³/mol. The largest absolute Gasteiger partial charge is 0.497 e. The number of carbonyl (C=O) groups excluding carboxylic acids is 1. The molecule has 1 amide bonds. The highest BCUT2D eigenvalue weighted by Crippen LogP contribution is 2.29. The van der Waals surface area contributed by atoms with Gasteiger partial charge in [-0.1, -0.05) is 6.07 Å². The number of hydrogen-bond donors (Lipinski definition) is 1. The van der Waals surface area contributed by atoms with E-state index in [-0.39, 0.29) is 22.4 Å². The van der Waals surface area contributed by atoms with Gasteiger partial charge in [0.15, 0.2) is 0 Å². The molecule has 0 spiro atoms. The number of nitrogens with zero attached hydrogens (tertiary/aromatic N) is 2. The zero-order chi connectivity index (χ0) is 22.6. The van der Waals surface area contributed by atoms with Crippen LogP contribution in [0.25, 0.3) is 0 Å². The highest BCUT2D eigenvalue weighted by atomic mass is 32.2. The molecule has 9 heteroatoms. The minimum absolute atomic E-state index is 0.122. The van der Waals surface area contributed by atoms with Crippen molar-refractivity contribution in [2.45, 2.75) is 17.9 Å². The summed E-state index contributed by atoms with van der Waals surface area (Å²) in [5, 5.41) is 2.91. The van der Waals surface area contributed by atoms with Crippen LogP contribution >= 0.6 is 0 Å². The molecular formula is C22H29N3O5S. The standard InChI is InChI=1S/C22H29N3O5S/c1-16(20-15-18(29-3)8-9-21(20)30-4)23-22(26)17-6-5-7-19(14-17)31(27,28)25-12-10-24(2)11-13-25/h5-9,14-16H,10-13H2,1-4H3,(H,23,26)/t16-/m1/s1. The Labute approximate surface area is 183 Å². The van der Waals surface area contributed by atoms with Crippen LogP contribution in [0.1, 0.15) is 28.9 Å². The maximum absolute atomic E-state index is 13.0. The van der Waals surface area contributed by atoms with Gasteiger partial charge in [-0.05, 0) is 50.4 Å². The van der Waals surface area contributed by atoms with E-state index in [0.717, 1.165) is 5.56 Å². The van der Waals surface area contributed by atoms with Gasteiger partial charge >= 0.3 is 0 Å². The second kappa shape index (κ2) is 9.67. The number of sulfonamides is 1. The lowest BCUT2D eigenvalue weighted by atomic mass is 10.1. The van der Waals surface area contributed by atoms with Crippen LogP contribution in [0.4, 0.5) is 0 Å². The minimum atomic E-state index is -3.65. The van der Waals surface area contributed by atoms with E-state index in [9.17, 15) is 13.2 Å². The van der Waals surface area contributed by atoms with Gasteiger partial charge in [-0.2, -0.15) is 4.31 Å². The number of ether oxygens (including phenoxy) is 2. The molecule has 2 aromatic carbocycles. The number of nitrogens with one attached hydrogen (secondary N) is 1. The summed E-state index contributed by atoms with van der Waals surface area (Å²) in [6, 6.07) is 11.1. The first-order valence-corrected chi connectivity index (χ1v) is 11.5. The minimum Gasteiger partial charge on any atom is -0.497 e. The van der Waals surface area contributed by atoms with Crippen LogP contribution in [0.2, 0.25) is 0 Å². The maximum Gasteiger partial charge on any atom is 0.251 e. The van der Waals surface area contributed by atoms with E-state index in [2.05, 4.69) is 10.2 Å². The van der Waals surface area contributed by atoms with Gasteiger partial charge in [0, 0.05) is 37.3 Å². The first kappa shape index (κ1) is 23.1. The maximum atomic E-state index is 13.0. The number of benzene rings is 2. The van der Waals surface area contributed by atoms with Crippen molar-refractivity contribution in [3.8, 4) is 11.5 Å². The van der Waals surface area contributed by atoms with E-state index < -0.39 is 10.0 Å². The van der Waals surface area contributed by atoms with Crippen LogP contribution in [0, 0.1) is 0 Å². The van der Waals surface area contributed by atoms with E-state index in [1.165, 1.54) is 16.4 Å². The van der Waals surface area contributed by atoms with E-state index in [1.807, 2.05) is 14.0 Å². The number of piperazine rings is 1. The van der Waals surface area contributed by atoms with Gasteiger partial charge in [0.25, 0.3) is 5.91 Å². The van der Waals surface area contributed by atoms with Gasteiger partial charge in [-0.15, -0.1) is 0 Å². The summed E-state index contributed by atoms with van der Waals surface area (Å²) >= 11 is 0. The Bertz CT molecular complexity index is 1030. The Morgan fingerprint density at radius 3 is 2.39 bits per heavy atom. The molecule has 1 aliphatic heterocycles. The molecule has 1 N–H and O–H groups in total. The first-order valence-electron chi connectivity index (χ1n) is 10.1. The first-order chi connectivity index (χ1) is 14.8. The Morgan fingerprint density at radius 1 is 1.03 bits per heavy atom. The van der Waals surface area contributed by atoms with E-state index >= 15 is 0 Å². The molecule has 1 heterocycles. The molecule has 2 aromatic rings. The van der Waals surface area contributed by atoms with E-state index in [4.69, 9.17) is 9.47 Å². The van der Waals surface area contributed by atoms with Crippen molar-refractivity contribution in [1.82, 2.24) is 14.5 Å². The third-order valence-electron chi connectivity index (χ3n) is 5.45. The van der Waals surface area contributed by atoms with Gasteiger partial charge in [0.05, 0.1) is 25.2 Å². The molecule has 0 radical (unpaired) electrons. The molecule has 1 atom stereocenters. The number of amides is 1. The molecule has 1 aliphatic rings. The third kappa shape index (κ3) is 5.17. The van der Waals surface area contributed by atoms with Gasteiger partial charge in [0.1, 0.15) is 11.5 Å². The molecule has 0 aliphatic carbocycles. The topological polar surface area (TPSA) is 88.2 Å². The molecule has 1 saturated heterocycles. The van der Waals surface area contributed by atoms with Crippen LogP contribution in [0.5, 0.6) is 11.5 Å². The van der Waals surface area contributed by atoms with Crippen molar-refractivity contribution in [3.63, 3.8) is 0 Å². The number of methoxy groups -OCH3 is 2. The molecule has 8 nitrogen and oxygen atoms in total. The summed E-state index contributed by atoms with van der Waals surface area (Å²) in [6.45, 7) is 4.06. The fourth-order valence-electron chi connectivity index (χ4n) is 3.51. The molecule has 0 saturated carbocycles. The molecule has 0 bridgehead atoms. The van der Waals surface area contributed by atoms with Crippen molar-refractivity contribution in [2.75, 3.05) is 47.4 Å². The zero-order valence-electron chi connectivity index (χ0n) is 18.3. The Morgan fingerprint density at radius 2 is 1.74 bits per heavy atom. The van der Waals surface area contributed by atoms with Gasteiger partial charge in [-0.3, -0.25) is 4.79 Å². The molecule has 0 aromatic heterocycles. The van der Waals surface area contributed by atoms with Crippen molar-refractivity contribution in [2.24, 2.45) is 0 Å². The summed E-state index contributed by atoms with van der Waals surface area (Å²) in [5.74, 6) is 0.907. The van der Waals surface area contributed by atoms with Crippen molar-refractivity contribution < 1.29 is 22.7 Å². The molecule has 3 rings (SSSR count). The van der Waals surface area contributed by atoms with Crippen LogP contribution in [0.15, 0.2) is 47.4 Å². The lowest BCUT2D eigenvalue weighted by molar-refractivity contribution is 0.0939. The van der Waals surface area contributed by atoms with Crippen molar-refractivity contribution in [3.05, 3.63) is 53.6 Å². The van der Waals surface area contributed by atoms with Gasteiger partial charge in [-0.25, -0.2) is 8.42 Å². The monoisotopic (exact) mass is 447 g/mol. The summed E-state index contributed by atoms with van der Waals surface area (Å²) in [4.78, 5) is 15.1. The average molecular weight is 448 g/mol. The summed E-state index contributed by atoms with van der Waals surface area (Å²) in [5.41, 5.74) is 1.04. The number of rotatable bonds is 7. The van der Waals surface area contributed by atoms with E-state index in [1.54, 1.807) is 44.6 Å². The fraction of sp³-hybridized carbons (Fsp3) is 0.409. The van der Waals surface area contributed by atoms with Gasteiger partial charge in [0.2, 0.25) is 10.0 Å². The van der Waals surface area contributed by atoms with Crippen molar-refractivity contribution >= 4 is 15.9 Å². The molecule has 1 fully saturated rings. The van der Waals surface area contributed by atoms with Crippen molar-refractivity contribution in [1.29, 1.82) is 0 Å². The van der Waals surface area contributed by atoms with E-state index in [0.29, 0.717) is 37.7 Å². The fourth-order valence-corrected chi connectivity index (χ4v) is 4.98. The highest BCUT2D eigenvalue weighted by Gasteiger charge is 2.28. The molecule has 168 valence electrons. The van der Waals surface area contributed by atoms with Crippen LogP contribution in [-0.2, 0) is 10.0 Å². The zero-order valence-corrected chi connectivity index (χ0v) is 19.1. The summed E-state index contributed by atoms with van der Waals surface area (Å²) < 4.78 is 38.2. The second-order valence-electron chi connectivity index (χ2n) is 7.54. The quantitative estimate of drug-likeness (QED) is 0.700. The summed E-state index contributed by atoms with van der Waals surface area (Å²) in [6.07, 6.45) is 0. The summed E-state index contributed by atoms with van der Waals surface area (Å²) in [7, 11) is 1.45. The third-order valence-corrected chi connectivity index (χ3v) is 7.34. The Balaban J connectivity index is 1.79. The second-order valence-corrected chi connectivity index (χ2v) is 9.48. The predicted octanol–water partition coefficient (Wildman–Crippen LogP) is 2.13. The number of hydrogen-bond acceptors (Lipinski definition) is 6. The lowest BCUT2D eigenvalue weighted by Gasteiger charge is -2.31. The Kier molecular flexibility index (Phi) is 7.19. The number of carbonyl (C=O) groups is 1. The molecule has 0 unspecified atom stereocenters. The normalized spacial score (nSPS) is 16.5. The van der Waals surface area contributed by atoms with Gasteiger partial charge < -0.3 is 19.7 Å². The molecular weight excluding hydrogens is 418 g/mol. The van der Waals surface area contributed by atoms with Crippen LogP contribution < -0.4 is 14.8 Å². The smallest absolute Gasteiger partial charge is 0.251 e. The van der Waals surface area contributed by atoms with Crippen LogP contribution in [-0.4, -0.2) is 71.0 Å². The highest BCUT2D eigenvalue weighted by molar-refractivity contribution is 7.89. The average Bonchev–Trinajstić information content (AvgIpc) is 2.78. The SMILES string of the molecule is COc1ccc(OC)c([C@@H](C)NC(=O)c2cccc(S(=O)(=O)N3CCN(C)CC3)c2)c1. The molecule has 31 heavy (non-hydrogen) atoms. The van der Waals surface area contributed by atoms with Crippen LogP contribution in [0.3, 0.4) is 0 Å².